The molecule has 30 heavy (non-hydrogen) atoms. The maximum absolute atomic E-state index is 13.5. The largest absolute Gasteiger partial charge is 0.492 e. The summed E-state index contributed by atoms with van der Waals surface area (Å²) in [6.45, 7) is 6.24. The van der Waals surface area contributed by atoms with Crippen molar-refractivity contribution in [3.05, 3.63) is 81.7 Å². The monoisotopic (exact) mass is 418 g/mol. The average molecular weight is 419 g/mol. The predicted molar refractivity (Wildman–Crippen MR) is 121 cm³/mol. The van der Waals surface area contributed by atoms with Gasteiger partial charge in [0.15, 0.2) is 0 Å². The fourth-order valence-electron chi connectivity index (χ4n) is 3.46. The molecule has 0 fully saturated rings. The number of thiophene rings is 1. The summed E-state index contributed by atoms with van der Waals surface area (Å²) in [5.74, 6) is -0.0700. The Morgan fingerprint density at radius 2 is 1.80 bits per heavy atom. The van der Waals surface area contributed by atoms with Crippen LogP contribution in [-0.4, -0.2) is 18.4 Å². The molecule has 0 saturated heterocycles. The molecule has 0 aliphatic carbocycles. The minimum Gasteiger partial charge on any atom is -0.492 e. The van der Waals surface area contributed by atoms with Crippen LogP contribution in [0.1, 0.15) is 22.9 Å². The second kappa shape index (κ2) is 8.16. The molecule has 1 aliphatic heterocycles. The number of hydrogen-bond acceptors (Lipinski definition) is 5. The van der Waals surface area contributed by atoms with Crippen molar-refractivity contribution in [1.82, 2.24) is 0 Å². The van der Waals surface area contributed by atoms with Crippen LogP contribution in [0.3, 0.4) is 0 Å². The quantitative estimate of drug-likeness (QED) is 0.562. The van der Waals surface area contributed by atoms with Gasteiger partial charge in [0.05, 0.1) is 23.6 Å². The molecule has 3 aromatic rings. The van der Waals surface area contributed by atoms with E-state index in [1.54, 1.807) is 0 Å². The highest BCUT2D eigenvalue weighted by molar-refractivity contribution is 7.11. The number of nitrogens with zero attached hydrogens (tertiary/aromatic N) is 1. The summed E-state index contributed by atoms with van der Waals surface area (Å²) in [7, 11) is 0. The third-order valence-corrected chi connectivity index (χ3v) is 5.79. The summed E-state index contributed by atoms with van der Waals surface area (Å²) in [5, 5.41) is 5.09. The van der Waals surface area contributed by atoms with Gasteiger partial charge in [0.1, 0.15) is 11.4 Å². The molecule has 0 unspecified atom stereocenters. The lowest BCUT2D eigenvalue weighted by molar-refractivity contribution is -0.120. The molecule has 152 valence electrons. The molecule has 0 atom stereocenters. The first-order chi connectivity index (χ1) is 14.5. The molecular formula is C24H22N2O3S. The molecule has 0 radical (unpaired) electrons. The Morgan fingerprint density at radius 1 is 1.00 bits per heavy atom. The zero-order valence-electron chi connectivity index (χ0n) is 17.1. The molecule has 5 nitrogen and oxygen atoms in total. The first-order valence-corrected chi connectivity index (χ1v) is 10.6. The third kappa shape index (κ3) is 3.50. The first-order valence-electron chi connectivity index (χ1n) is 9.74. The van der Waals surface area contributed by atoms with Gasteiger partial charge in [-0.1, -0.05) is 30.3 Å². The van der Waals surface area contributed by atoms with Crippen LogP contribution in [-0.2, 0) is 9.59 Å². The van der Waals surface area contributed by atoms with Gasteiger partial charge < -0.3 is 10.1 Å². The van der Waals surface area contributed by atoms with E-state index in [9.17, 15) is 9.59 Å². The van der Waals surface area contributed by atoms with Crippen molar-refractivity contribution in [3.63, 3.8) is 0 Å². The van der Waals surface area contributed by atoms with Crippen molar-refractivity contribution >= 4 is 40.1 Å². The van der Waals surface area contributed by atoms with E-state index in [0.29, 0.717) is 29.3 Å². The molecule has 6 heteroatoms. The average Bonchev–Trinajstić information content (AvgIpc) is 3.33. The van der Waals surface area contributed by atoms with Crippen LogP contribution in [0.25, 0.3) is 5.57 Å². The zero-order valence-corrected chi connectivity index (χ0v) is 17.9. The molecule has 2 aromatic carbocycles. The number of ether oxygens (including phenoxy) is 1. The van der Waals surface area contributed by atoms with Crippen molar-refractivity contribution in [1.29, 1.82) is 0 Å². The Kier molecular flexibility index (Phi) is 5.42. The van der Waals surface area contributed by atoms with Crippen molar-refractivity contribution in [2.24, 2.45) is 0 Å². The summed E-state index contributed by atoms with van der Waals surface area (Å²) < 4.78 is 5.69. The van der Waals surface area contributed by atoms with Crippen molar-refractivity contribution in [2.45, 2.75) is 20.8 Å². The Bertz CT molecular complexity index is 1150. The Morgan fingerprint density at radius 3 is 2.53 bits per heavy atom. The van der Waals surface area contributed by atoms with Gasteiger partial charge in [0.2, 0.25) is 0 Å². The maximum Gasteiger partial charge on any atom is 0.282 e. The number of aryl methyl sites for hydroxylation is 2. The maximum atomic E-state index is 13.5. The molecule has 0 spiro atoms. The molecule has 1 aromatic heterocycles. The summed E-state index contributed by atoms with van der Waals surface area (Å²) in [5.41, 5.74) is 3.74. The Balaban J connectivity index is 1.82. The van der Waals surface area contributed by atoms with E-state index in [4.69, 9.17) is 4.74 Å². The fourth-order valence-corrected chi connectivity index (χ4v) is 4.23. The lowest BCUT2D eigenvalue weighted by Crippen LogP contribution is -2.33. The highest BCUT2D eigenvalue weighted by Gasteiger charge is 2.41. The van der Waals surface area contributed by atoms with Crippen molar-refractivity contribution in [3.8, 4) is 5.75 Å². The van der Waals surface area contributed by atoms with Gasteiger partial charge in [-0.05, 0) is 61.5 Å². The molecule has 0 bridgehead atoms. The van der Waals surface area contributed by atoms with Gasteiger partial charge in [-0.3, -0.25) is 9.59 Å². The summed E-state index contributed by atoms with van der Waals surface area (Å²) >= 11 is 1.43. The topological polar surface area (TPSA) is 58.6 Å². The lowest BCUT2D eigenvalue weighted by atomic mass is 10.1. The Hall–Kier alpha value is -3.38. The van der Waals surface area contributed by atoms with Crippen LogP contribution in [0, 0.1) is 13.8 Å². The number of para-hydroxylation sites is 2. The van der Waals surface area contributed by atoms with Gasteiger partial charge in [-0.15, -0.1) is 11.3 Å². The van der Waals surface area contributed by atoms with Crippen LogP contribution in [0.5, 0.6) is 5.75 Å². The normalized spacial score (nSPS) is 13.9. The van der Waals surface area contributed by atoms with E-state index >= 15 is 0 Å². The SMILES string of the molecule is CCOc1ccccc1NC1=C(c2cccs2)C(=O)N(c2cc(C)ccc2C)C1=O. The van der Waals surface area contributed by atoms with Gasteiger partial charge in [0, 0.05) is 4.88 Å². The summed E-state index contributed by atoms with van der Waals surface area (Å²) in [6, 6.07) is 16.9. The van der Waals surface area contributed by atoms with E-state index < -0.39 is 0 Å². The number of rotatable bonds is 6. The second-order valence-corrected chi connectivity index (χ2v) is 7.96. The number of amides is 2. The van der Waals surface area contributed by atoms with E-state index in [2.05, 4.69) is 5.32 Å². The predicted octanol–water partition coefficient (Wildman–Crippen LogP) is 5.16. The number of hydrogen-bond donors (Lipinski definition) is 1. The van der Waals surface area contributed by atoms with E-state index in [1.165, 1.54) is 16.2 Å². The minimum absolute atomic E-state index is 0.260. The zero-order chi connectivity index (χ0) is 21.3. The minimum atomic E-state index is -0.372. The van der Waals surface area contributed by atoms with Crippen LogP contribution in [0.15, 0.2) is 65.7 Å². The number of imide groups is 1. The molecule has 4 rings (SSSR count). The molecule has 0 saturated carbocycles. The van der Waals surface area contributed by atoms with Crippen LogP contribution >= 0.6 is 11.3 Å². The van der Waals surface area contributed by atoms with Gasteiger partial charge in [0.25, 0.3) is 11.8 Å². The van der Waals surface area contributed by atoms with E-state index in [-0.39, 0.29) is 17.5 Å². The first kappa shape index (κ1) is 19.9. The Labute approximate surface area is 179 Å². The molecule has 2 amide bonds. The number of carbonyl (C=O) groups is 2. The van der Waals surface area contributed by atoms with Crippen molar-refractivity contribution < 1.29 is 14.3 Å². The smallest absolute Gasteiger partial charge is 0.282 e. The summed E-state index contributed by atoms with van der Waals surface area (Å²) in [4.78, 5) is 29.0. The van der Waals surface area contributed by atoms with E-state index in [0.717, 1.165) is 16.0 Å². The third-order valence-electron chi connectivity index (χ3n) is 4.90. The number of anilines is 2. The van der Waals surface area contributed by atoms with Crippen molar-refractivity contribution in [2.75, 3.05) is 16.8 Å². The van der Waals surface area contributed by atoms with Gasteiger partial charge >= 0.3 is 0 Å². The molecule has 1 aliphatic rings. The van der Waals surface area contributed by atoms with Crippen LogP contribution in [0.2, 0.25) is 0 Å². The van der Waals surface area contributed by atoms with Gasteiger partial charge in [-0.2, -0.15) is 0 Å². The highest BCUT2D eigenvalue weighted by Crippen LogP contribution is 2.38. The van der Waals surface area contributed by atoms with Crippen LogP contribution < -0.4 is 15.0 Å². The number of carbonyl (C=O) groups excluding carboxylic acids is 2. The number of benzene rings is 2. The van der Waals surface area contributed by atoms with E-state index in [1.807, 2.05) is 80.7 Å². The summed E-state index contributed by atoms with van der Waals surface area (Å²) in [6.07, 6.45) is 0. The van der Waals surface area contributed by atoms with Gasteiger partial charge in [-0.25, -0.2) is 4.90 Å². The second-order valence-electron chi connectivity index (χ2n) is 7.02. The fraction of sp³-hybridized carbons (Fsp3) is 0.167. The molecular weight excluding hydrogens is 396 g/mol. The van der Waals surface area contributed by atoms with Crippen LogP contribution in [0.4, 0.5) is 11.4 Å². The lowest BCUT2D eigenvalue weighted by Gasteiger charge is -2.18. The molecule has 2 heterocycles. The standard InChI is InChI=1S/C24H22N2O3S/c1-4-29-19-9-6-5-8-17(19)25-22-21(20-10-7-13-30-20)23(27)26(24(22)28)18-14-15(2)11-12-16(18)3/h5-14,25H,4H2,1-3H3. The highest BCUT2D eigenvalue weighted by atomic mass is 32.1. The molecule has 1 N–H and O–H groups in total. The number of nitrogens with one attached hydrogen (secondary N) is 1.